The number of rotatable bonds is 4. The van der Waals surface area contributed by atoms with Crippen molar-refractivity contribution in [2.45, 2.75) is 40.2 Å². The van der Waals surface area contributed by atoms with Crippen LogP contribution < -0.4 is 10.2 Å². The van der Waals surface area contributed by atoms with Gasteiger partial charge in [0.25, 0.3) is 0 Å². The van der Waals surface area contributed by atoms with Crippen molar-refractivity contribution in [3.8, 4) is 0 Å². The first kappa shape index (κ1) is 17.5. The number of nitrogens with zero attached hydrogens (tertiary/aromatic N) is 3. The molecule has 1 N–H and O–H groups in total. The normalized spacial score (nSPS) is 13.4. The third-order valence-corrected chi connectivity index (χ3v) is 5.27. The van der Waals surface area contributed by atoms with Crippen LogP contribution in [0.25, 0.3) is 0 Å². The smallest absolute Gasteiger partial charge is 0.229 e. The first-order valence-electron chi connectivity index (χ1n) is 9.67. The Bertz CT molecular complexity index is 964. The summed E-state index contributed by atoms with van der Waals surface area (Å²) in [6.45, 7) is 8.22. The Labute approximate surface area is 161 Å². The maximum atomic E-state index is 4.85. The molecule has 138 valence electrons. The van der Waals surface area contributed by atoms with Crippen molar-refractivity contribution in [2.75, 3.05) is 16.8 Å². The number of hydrogen-bond acceptors (Lipinski definition) is 4. The van der Waals surface area contributed by atoms with Gasteiger partial charge in [0.1, 0.15) is 5.82 Å². The van der Waals surface area contributed by atoms with Crippen molar-refractivity contribution >= 4 is 17.5 Å². The minimum atomic E-state index is 0.674. The first-order chi connectivity index (χ1) is 13.1. The second-order valence-electron chi connectivity index (χ2n) is 7.22. The highest BCUT2D eigenvalue weighted by molar-refractivity contribution is 5.64. The Balaban J connectivity index is 1.63. The molecule has 1 aromatic heterocycles. The van der Waals surface area contributed by atoms with Crippen LogP contribution in [0.2, 0.25) is 0 Å². The molecule has 0 saturated carbocycles. The van der Waals surface area contributed by atoms with Gasteiger partial charge in [0.2, 0.25) is 5.95 Å². The molecule has 1 aliphatic heterocycles. The Morgan fingerprint density at radius 1 is 1.00 bits per heavy atom. The van der Waals surface area contributed by atoms with Crippen LogP contribution in [0.15, 0.2) is 48.5 Å². The zero-order valence-corrected chi connectivity index (χ0v) is 16.3. The monoisotopic (exact) mass is 358 g/mol. The predicted octanol–water partition coefficient (Wildman–Crippen LogP) is 4.96. The van der Waals surface area contributed by atoms with E-state index in [0.29, 0.717) is 5.95 Å². The van der Waals surface area contributed by atoms with E-state index in [0.717, 1.165) is 43.1 Å². The summed E-state index contributed by atoms with van der Waals surface area (Å²) in [5, 5.41) is 3.48. The van der Waals surface area contributed by atoms with E-state index in [9.17, 15) is 0 Å². The van der Waals surface area contributed by atoms with E-state index in [4.69, 9.17) is 4.98 Å². The number of nitrogens with one attached hydrogen (secondary N) is 1. The van der Waals surface area contributed by atoms with Crippen LogP contribution in [0.3, 0.4) is 0 Å². The molecule has 0 saturated heterocycles. The van der Waals surface area contributed by atoms with Crippen LogP contribution in [0.4, 0.5) is 17.5 Å². The molecule has 0 fully saturated rings. The van der Waals surface area contributed by atoms with Gasteiger partial charge in [-0.3, -0.25) is 0 Å². The van der Waals surface area contributed by atoms with Crippen molar-refractivity contribution < 1.29 is 0 Å². The van der Waals surface area contributed by atoms with E-state index < -0.39 is 0 Å². The molecule has 0 bridgehead atoms. The van der Waals surface area contributed by atoms with Gasteiger partial charge in [-0.05, 0) is 48.9 Å². The second kappa shape index (κ2) is 7.39. The number of fused-ring (bicyclic) bond motifs is 1. The molecule has 0 aliphatic carbocycles. The summed E-state index contributed by atoms with van der Waals surface area (Å²) in [6.07, 6.45) is 2.03. The predicted molar refractivity (Wildman–Crippen MR) is 112 cm³/mol. The molecule has 0 radical (unpaired) electrons. The maximum Gasteiger partial charge on any atom is 0.229 e. The molecule has 3 aromatic rings. The first-order valence-corrected chi connectivity index (χ1v) is 9.67. The highest BCUT2D eigenvalue weighted by Gasteiger charge is 2.18. The van der Waals surface area contributed by atoms with Crippen LogP contribution in [-0.2, 0) is 19.4 Å². The van der Waals surface area contributed by atoms with E-state index in [2.05, 4.69) is 77.6 Å². The molecule has 0 amide bonds. The van der Waals surface area contributed by atoms with Crippen molar-refractivity contribution in [1.82, 2.24) is 9.97 Å². The number of para-hydroxylation sites is 1. The molecule has 1 aliphatic rings. The molecule has 2 heterocycles. The Morgan fingerprint density at radius 3 is 2.63 bits per heavy atom. The Hall–Kier alpha value is -2.88. The summed E-state index contributed by atoms with van der Waals surface area (Å²) >= 11 is 0. The van der Waals surface area contributed by atoms with E-state index in [1.165, 1.54) is 22.3 Å². The summed E-state index contributed by atoms with van der Waals surface area (Å²) in [6, 6.07) is 17.2. The highest BCUT2D eigenvalue weighted by atomic mass is 15.2. The zero-order valence-electron chi connectivity index (χ0n) is 16.3. The second-order valence-corrected chi connectivity index (χ2v) is 7.22. The van der Waals surface area contributed by atoms with Crippen molar-refractivity contribution in [3.63, 3.8) is 0 Å². The summed E-state index contributed by atoms with van der Waals surface area (Å²) in [5.41, 5.74) is 7.45. The highest BCUT2D eigenvalue weighted by Crippen LogP contribution is 2.27. The fourth-order valence-electron chi connectivity index (χ4n) is 3.77. The summed E-state index contributed by atoms with van der Waals surface area (Å²) < 4.78 is 0. The Kier molecular flexibility index (Phi) is 4.80. The zero-order chi connectivity index (χ0) is 18.8. The lowest BCUT2D eigenvalue weighted by Crippen LogP contribution is -2.31. The van der Waals surface area contributed by atoms with Crippen LogP contribution in [0.1, 0.15) is 34.9 Å². The largest absolute Gasteiger partial charge is 0.352 e. The maximum absolute atomic E-state index is 4.85. The number of hydrogen-bond donors (Lipinski definition) is 1. The van der Waals surface area contributed by atoms with Gasteiger partial charge in [-0.1, -0.05) is 49.4 Å². The van der Waals surface area contributed by atoms with Gasteiger partial charge < -0.3 is 10.2 Å². The molecule has 4 heteroatoms. The molecule has 4 rings (SSSR count). The summed E-state index contributed by atoms with van der Waals surface area (Å²) in [4.78, 5) is 11.8. The van der Waals surface area contributed by atoms with E-state index in [1.807, 2.05) is 6.92 Å². The van der Waals surface area contributed by atoms with E-state index in [1.54, 1.807) is 0 Å². The fourth-order valence-corrected chi connectivity index (χ4v) is 3.77. The van der Waals surface area contributed by atoms with Crippen molar-refractivity contribution in [1.29, 1.82) is 0 Å². The van der Waals surface area contributed by atoms with Gasteiger partial charge in [0.15, 0.2) is 0 Å². The molecule has 2 aromatic carbocycles. The lowest BCUT2D eigenvalue weighted by atomic mass is 10.00. The molecule has 27 heavy (non-hydrogen) atoms. The van der Waals surface area contributed by atoms with E-state index >= 15 is 0 Å². The van der Waals surface area contributed by atoms with Gasteiger partial charge >= 0.3 is 0 Å². The quantitative estimate of drug-likeness (QED) is 0.715. The fraction of sp³-hybridized carbons (Fsp3) is 0.304. The molecule has 0 spiro atoms. The third-order valence-electron chi connectivity index (χ3n) is 5.27. The lowest BCUT2D eigenvalue weighted by Gasteiger charge is -2.30. The van der Waals surface area contributed by atoms with Crippen LogP contribution in [0, 0.1) is 13.8 Å². The number of aromatic nitrogens is 2. The average Bonchev–Trinajstić information content (AvgIpc) is 2.68. The summed E-state index contributed by atoms with van der Waals surface area (Å²) in [7, 11) is 0. The SMILES string of the molecule is CCc1cccc(C)c1Nc1nc(C)cc(N2CCc3ccccc3C2)n1. The van der Waals surface area contributed by atoms with Gasteiger partial charge in [0.05, 0.1) is 0 Å². The van der Waals surface area contributed by atoms with Gasteiger partial charge in [0, 0.05) is 30.5 Å². The average molecular weight is 358 g/mol. The minimum absolute atomic E-state index is 0.674. The van der Waals surface area contributed by atoms with Gasteiger partial charge in [-0.25, -0.2) is 4.98 Å². The molecule has 4 nitrogen and oxygen atoms in total. The lowest BCUT2D eigenvalue weighted by molar-refractivity contribution is 0.719. The minimum Gasteiger partial charge on any atom is -0.352 e. The number of anilines is 3. The van der Waals surface area contributed by atoms with Crippen molar-refractivity contribution in [3.05, 3.63) is 76.5 Å². The van der Waals surface area contributed by atoms with Crippen LogP contribution >= 0.6 is 0 Å². The van der Waals surface area contributed by atoms with Crippen LogP contribution in [0.5, 0.6) is 0 Å². The molecular weight excluding hydrogens is 332 g/mol. The van der Waals surface area contributed by atoms with Crippen LogP contribution in [-0.4, -0.2) is 16.5 Å². The van der Waals surface area contributed by atoms with Gasteiger partial charge in [-0.2, -0.15) is 4.98 Å². The Morgan fingerprint density at radius 2 is 1.81 bits per heavy atom. The standard InChI is InChI=1S/C23H26N4/c1-4-18-11-7-8-16(2)22(18)26-23-24-17(3)14-21(25-23)27-13-12-19-9-5-6-10-20(19)15-27/h5-11,14H,4,12-13,15H2,1-3H3,(H,24,25,26). The topological polar surface area (TPSA) is 41.1 Å². The molecule has 0 unspecified atom stereocenters. The molecular formula is C23H26N4. The molecule has 0 atom stereocenters. The number of benzene rings is 2. The van der Waals surface area contributed by atoms with Crippen molar-refractivity contribution in [2.24, 2.45) is 0 Å². The van der Waals surface area contributed by atoms with E-state index in [-0.39, 0.29) is 0 Å². The third kappa shape index (κ3) is 3.65. The summed E-state index contributed by atoms with van der Waals surface area (Å²) in [5.74, 6) is 1.67. The van der Waals surface area contributed by atoms with Gasteiger partial charge in [-0.15, -0.1) is 0 Å². The number of aryl methyl sites for hydroxylation is 3.